The standard InChI is InChI=1S/C10H18NO2/c1-3-5-7-9(12)11-10(13)8-6-4-2/h3-8H2,1-2H3. The van der Waals surface area contributed by atoms with Crippen LogP contribution in [0.4, 0.5) is 0 Å². The summed E-state index contributed by atoms with van der Waals surface area (Å²) in [5.41, 5.74) is 0. The zero-order valence-corrected chi connectivity index (χ0v) is 8.51. The molecule has 0 spiro atoms. The Kier molecular flexibility index (Phi) is 7.26. The highest BCUT2D eigenvalue weighted by Gasteiger charge is 2.08. The Labute approximate surface area is 79.9 Å². The van der Waals surface area contributed by atoms with Gasteiger partial charge in [0.05, 0.1) is 0 Å². The first-order valence-electron chi connectivity index (χ1n) is 4.98. The fourth-order valence-electron chi connectivity index (χ4n) is 0.907. The van der Waals surface area contributed by atoms with E-state index in [4.69, 9.17) is 0 Å². The first-order valence-corrected chi connectivity index (χ1v) is 4.98. The van der Waals surface area contributed by atoms with Crippen molar-refractivity contribution in [1.82, 2.24) is 5.32 Å². The molecule has 0 atom stereocenters. The number of imide groups is 1. The molecule has 75 valence electrons. The van der Waals surface area contributed by atoms with Crippen molar-refractivity contribution in [2.24, 2.45) is 0 Å². The van der Waals surface area contributed by atoms with Crippen LogP contribution in [0.5, 0.6) is 0 Å². The van der Waals surface area contributed by atoms with Crippen molar-refractivity contribution in [1.29, 1.82) is 0 Å². The van der Waals surface area contributed by atoms with Crippen LogP contribution in [-0.4, -0.2) is 11.8 Å². The summed E-state index contributed by atoms with van der Waals surface area (Å²) in [7, 11) is 0. The Hall–Kier alpha value is -0.860. The first-order chi connectivity index (χ1) is 6.20. The van der Waals surface area contributed by atoms with Crippen molar-refractivity contribution in [3.63, 3.8) is 0 Å². The minimum Gasteiger partial charge on any atom is -0.273 e. The molecule has 0 saturated carbocycles. The average molecular weight is 184 g/mol. The van der Waals surface area contributed by atoms with Gasteiger partial charge in [0.2, 0.25) is 11.8 Å². The smallest absolute Gasteiger partial charge is 0.248 e. The molecule has 0 fully saturated rings. The monoisotopic (exact) mass is 184 g/mol. The molecule has 3 nitrogen and oxygen atoms in total. The lowest BCUT2D eigenvalue weighted by Gasteiger charge is -1.98. The van der Waals surface area contributed by atoms with Crippen LogP contribution in [-0.2, 0) is 9.59 Å². The van der Waals surface area contributed by atoms with Crippen LogP contribution in [0, 0.1) is 0 Å². The first kappa shape index (κ1) is 12.1. The van der Waals surface area contributed by atoms with E-state index in [9.17, 15) is 9.59 Å². The van der Waals surface area contributed by atoms with Gasteiger partial charge in [-0.2, -0.15) is 5.32 Å². The lowest BCUT2D eigenvalue weighted by Crippen LogP contribution is -2.22. The highest BCUT2D eigenvalue weighted by Crippen LogP contribution is 1.97. The minimum atomic E-state index is -0.261. The number of carbonyl (C=O) groups is 2. The van der Waals surface area contributed by atoms with Gasteiger partial charge in [-0.3, -0.25) is 9.59 Å². The van der Waals surface area contributed by atoms with Gasteiger partial charge in [0.25, 0.3) is 0 Å². The molecule has 0 heterocycles. The topological polar surface area (TPSA) is 48.2 Å². The van der Waals surface area contributed by atoms with Crippen molar-refractivity contribution in [2.45, 2.75) is 52.4 Å². The number of unbranched alkanes of at least 4 members (excludes halogenated alkanes) is 2. The summed E-state index contributed by atoms with van der Waals surface area (Å²) in [6, 6.07) is 0. The number of nitrogens with zero attached hydrogens (tertiary/aromatic N) is 1. The minimum absolute atomic E-state index is 0.261. The van der Waals surface area contributed by atoms with E-state index in [-0.39, 0.29) is 11.8 Å². The maximum atomic E-state index is 11.0. The summed E-state index contributed by atoms with van der Waals surface area (Å²) in [4.78, 5) is 22.0. The van der Waals surface area contributed by atoms with Crippen molar-refractivity contribution in [3.05, 3.63) is 0 Å². The molecule has 0 aromatic rings. The van der Waals surface area contributed by atoms with Crippen LogP contribution in [0.25, 0.3) is 0 Å². The Morgan fingerprint density at radius 1 is 0.923 bits per heavy atom. The summed E-state index contributed by atoms with van der Waals surface area (Å²) >= 11 is 0. The van der Waals surface area contributed by atoms with Gasteiger partial charge in [-0.25, -0.2) is 0 Å². The molecule has 2 amide bonds. The van der Waals surface area contributed by atoms with E-state index in [2.05, 4.69) is 5.32 Å². The van der Waals surface area contributed by atoms with Gasteiger partial charge in [-0.05, 0) is 12.8 Å². The van der Waals surface area contributed by atoms with Crippen LogP contribution < -0.4 is 5.32 Å². The summed E-state index contributed by atoms with van der Waals surface area (Å²) in [5.74, 6) is -0.522. The molecule has 0 unspecified atom stereocenters. The van der Waals surface area contributed by atoms with Crippen LogP contribution in [0.1, 0.15) is 52.4 Å². The molecule has 0 aliphatic carbocycles. The maximum Gasteiger partial charge on any atom is 0.248 e. The Balaban J connectivity index is 3.47. The van der Waals surface area contributed by atoms with Gasteiger partial charge in [0.1, 0.15) is 0 Å². The highest BCUT2D eigenvalue weighted by molar-refractivity contribution is 5.94. The molecular weight excluding hydrogens is 166 g/mol. The normalized spacial score (nSPS) is 9.69. The number of hydrogen-bond donors (Lipinski definition) is 0. The molecule has 0 aliphatic rings. The molecule has 0 rings (SSSR count). The number of amides is 2. The van der Waals surface area contributed by atoms with E-state index in [1.165, 1.54) is 0 Å². The van der Waals surface area contributed by atoms with Gasteiger partial charge in [0, 0.05) is 12.8 Å². The second kappa shape index (κ2) is 7.77. The second-order valence-corrected chi connectivity index (χ2v) is 3.11. The fraction of sp³-hybridized carbons (Fsp3) is 0.800. The predicted molar refractivity (Wildman–Crippen MR) is 51.2 cm³/mol. The Morgan fingerprint density at radius 2 is 1.31 bits per heavy atom. The third-order valence-electron chi connectivity index (χ3n) is 1.74. The Bertz CT molecular complexity index is 148. The molecule has 1 radical (unpaired) electrons. The molecule has 0 aromatic heterocycles. The summed E-state index contributed by atoms with van der Waals surface area (Å²) in [5, 5.41) is 3.47. The fourth-order valence-corrected chi connectivity index (χ4v) is 0.907. The molecule has 13 heavy (non-hydrogen) atoms. The quantitative estimate of drug-likeness (QED) is 0.634. The zero-order chi connectivity index (χ0) is 10.1. The van der Waals surface area contributed by atoms with Gasteiger partial charge in [-0.15, -0.1) is 0 Å². The lowest BCUT2D eigenvalue weighted by atomic mass is 10.2. The largest absolute Gasteiger partial charge is 0.273 e. The third-order valence-corrected chi connectivity index (χ3v) is 1.74. The van der Waals surface area contributed by atoms with Crippen LogP contribution in [0.3, 0.4) is 0 Å². The molecule has 3 heteroatoms. The van der Waals surface area contributed by atoms with E-state index in [1.54, 1.807) is 0 Å². The molecular formula is C10H18NO2. The SMILES string of the molecule is CCCCC(=O)[N]C(=O)CCCC. The summed E-state index contributed by atoms with van der Waals surface area (Å²) < 4.78 is 0. The number of carbonyl (C=O) groups excluding carboxylic acids is 2. The molecule has 0 bridgehead atoms. The molecule has 0 aromatic carbocycles. The van der Waals surface area contributed by atoms with Crippen LogP contribution >= 0.6 is 0 Å². The number of rotatable bonds is 6. The predicted octanol–water partition coefficient (Wildman–Crippen LogP) is 2.02. The van der Waals surface area contributed by atoms with E-state index in [0.717, 1.165) is 25.7 Å². The highest BCUT2D eigenvalue weighted by atomic mass is 16.2. The average Bonchev–Trinajstić information content (AvgIpc) is 2.11. The van der Waals surface area contributed by atoms with Crippen molar-refractivity contribution >= 4 is 11.8 Å². The zero-order valence-electron chi connectivity index (χ0n) is 8.51. The van der Waals surface area contributed by atoms with Crippen molar-refractivity contribution in [2.75, 3.05) is 0 Å². The van der Waals surface area contributed by atoms with E-state index < -0.39 is 0 Å². The maximum absolute atomic E-state index is 11.0. The van der Waals surface area contributed by atoms with Crippen LogP contribution in [0.2, 0.25) is 0 Å². The molecule has 0 N–H and O–H groups in total. The summed E-state index contributed by atoms with van der Waals surface area (Å²) in [6.45, 7) is 4.01. The van der Waals surface area contributed by atoms with Gasteiger partial charge < -0.3 is 0 Å². The van der Waals surface area contributed by atoms with Crippen LogP contribution in [0.15, 0.2) is 0 Å². The van der Waals surface area contributed by atoms with E-state index >= 15 is 0 Å². The van der Waals surface area contributed by atoms with Gasteiger partial charge >= 0.3 is 0 Å². The second-order valence-electron chi connectivity index (χ2n) is 3.11. The number of hydrogen-bond acceptors (Lipinski definition) is 2. The Morgan fingerprint density at radius 3 is 1.62 bits per heavy atom. The van der Waals surface area contributed by atoms with Gasteiger partial charge in [-0.1, -0.05) is 26.7 Å². The van der Waals surface area contributed by atoms with Gasteiger partial charge in [0.15, 0.2) is 0 Å². The van der Waals surface area contributed by atoms with Crippen molar-refractivity contribution in [3.8, 4) is 0 Å². The third kappa shape index (κ3) is 7.50. The van der Waals surface area contributed by atoms with E-state index in [1.807, 2.05) is 13.8 Å². The van der Waals surface area contributed by atoms with E-state index in [0.29, 0.717) is 12.8 Å². The molecule has 0 saturated heterocycles. The lowest BCUT2D eigenvalue weighted by molar-refractivity contribution is -0.131. The summed E-state index contributed by atoms with van der Waals surface area (Å²) in [6.07, 6.45) is 4.39. The molecule has 0 aliphatic heterocycles. The van der Waals surface area contributed by atoms with Crippen molar-refractivity contribution < 1.29 is 9.59 Å².